The van der Waals surface area contributed by atoms with Crippen LogP contribution in [0.4, 0.5) is 0 Å². The summed E-state index contributed by atoms with van der Waals surface area (Å²) < 4.78 is 31.9. The standard InChI is InChI=1S/C21H23NO4S/c1-18-12-14-20(15-13-18)27(24,25)22-16-8-3-2-4-9-17-26-21(23)19-10-6-5-7-11-19/h5-7,10-15,22H,2-3,8,16-17H2,1H3. The first-order valence-corrected chi connectivity index (χ1v) is 10.2. The zero-order chi connectivity index (χ0) is 19.5. The summed E-state index contributed by atoms with van der Waals surface area (Å²) in [5.41, 5.74) is 1.52. The minimum atomic E-state index is -3.46. The van der Waals surface area contributed by atoms with Gasteiger partial charge in [-0.05, 0) is 44.0 Å². The van der Waals surface area contributed by atoms with Gasteiger partial charge in [0.25, 0.3) is 0 Å². The number of rotatable bonds is 8. The normalized spacial score (nSPS) is 10.7. The smallest absolute Gasteiger partial charge is 0.339 e. The Labute approximate surface area is 160 Å². The molecule has 0 radical (unpaired) electrons. The summed E-state index contributed by atoms with van der Waals surface area (Å²) in [6, 6.07) is 15.5. The number of esters is 1. The van der Waals surface area contributed by atoms with E-state index in [1.807, 2.05) is 13.0 Å². The largest absolute Gasteiger partial charge is 0.449 e. The van der Waals surface area contributed by atoms with Crippen LogP contribution in [0.2, 0.25) is 0 Å². The average Bonchev–Trinajstić information content (AvgIpc) is 2.67. The fourth-order valence-corrected chi connectivity index (χ4v) is 3.32. The highest BCUT2D eigenvalue weighted by Gasteiger charge is 2.12. The van der Waals surface area contributed by atoms with Gasteiger partial charge in [-0.3, -0.25) is 0 Å². The van der Waals surface area contributed by atoms with Gasteiger partial charge in [0.15, 0.2) is 6.61 Å². The Morgan fingerprint density at radius 2 is 1.70 bits per heavy atom. The lowest BCUT2D eigenvalue weighted by Gasteiger charge is -2.06. The monoisotopic (exact) mass is 385 g/mol. The van der Waals surface area contributed by atoms with E-state index in [9.17, 15) is 13.2 Å². The van der Waals surface area contributed by atoms with Gasteiger partial charge in [0.1, 0.15) is 0 Å². The molecule has 0 fully saturated rings. The van der Waals surface area contributed by atoms with Crippen molar-refractivity contribution in [2.45, 2.75) is 31.1 Å². The minimum absolute atomic E-state index is 0.0494. The molecule has 0 aliphatic carbocycles. The summed E-state index contributed by atoms with van der Waals surface area (Å²) in [6.07, 6.45) is 2.06. The summed E-state index contributed by atoms with van der Waals surface area (Å²) in [5.74, 6) is 5.32. The molecule has 2 aromatic carbocycles. The Morgan fingerprint density at radius 3 is 2.41 bits per heavy atom. The Hall–Kier alpha value is -2.62. The molecule has 2 aromatic rings. The zero-order valence-electron chi connectivity index (χ0n) is 15.3. The molecule has 1 N–H and O–H groups in total. The van der Waals surface area contributed by atoms with E-state index in [1.54, 1.807) is 48.5 Å². The molecular weight excluding hydrogens is 362 g/mol. The molecule has 0 bridgehead atoms. The number of aryl methyl sites for hydroxylation is 1. The molecule has 0 heterocycles. The predicted octanol–water partition coefficient (Wildman–Crippen LogP) is 3.30. The first-order valence-electron chi connectivity index (χ1n) is 8.73. The third-order valence-electron chi connectivity index (χ3n) is 3.76. The third kappa shape index (κ3) is 7.26. The fourth-order valence-electron chi connectivity index (χ4n) is 2.24. The quantitative estimate of drug-likeness (QED) is 0.430. The van der Waals surface area contributed by atoms with Crippen LogP contribution in [0.3, 0.4) is 0 Å². The van der Waals surface area contributed by atoms with E-state index in [0.29, 0.717) is 24.9 Å². The van der Waals surface area contributed by atoms with E-state index >= 15 is 0 Å². The number of nitrogens with one attached hydrogen (secondary N) is 1. The van der Waals surface area contributed by atoms with Gasteiger partial charge in [0.2, 0.25) is 10.0 Å². The summed E-state index contributed by atoms with van der Waals surface area (Å²) in [6.45, 7) is 2.32. The predicted molar refractivity (Wildman–Crippen MR) is 105 cm³/mol. The molecule has 6 heteroatoms. The second-order valence-electron chi connectivity index (χ2n) is 5.96. The van der Waals surface area contributed by atoms with E-state index in [2.05, 4.69) is 16.6 Å². The number of sulfonamides is 1. The van der Waals surface area contributed by atoms with Gasteiger partial charge in [-0.15, -0.1) is 0 Å². The first kappa shape index (κ1) is 20.7. The third-order valence-corrected chi connectivity index (χ3v) is 5.24. The van der Waals surface area contributed by atoms with Crippen molar-refractivity contribution >= 4 is 16.0 Å². The highest BCUT2D eigenvalue weighted by molar-refractivity contribution is 7.89. The van der Waals surface area contributed by atoms with Crippen LogP contribution in [0.1, 0.15) is 35.2 Å². The van der Waals surface area contributed by atoms with Crippen LogP contribution in [0.15, 0.2) is 59.5 Å². The van der Waals surface area contributed by atoms with Crippen LogP contribution in [0.25, 0.3) is 0 Å². The van der Waals surface area contributed by atoms with Crippen LogP contribution in [-0.4, -0.2) is 27.5 Å². The van der Waals surface area contributed by atoms with Crippen molar-refractivity contribution in [3.05, 3.63) is 65.7 Å². The maximum atomic E-state index is 12.1. The molecule has 0 aliphatic rings. The molecule has 0 unspecified atom stereocenters. The second-order valence-corrected chi connectivity index (χ2v) is 7.73. The maximum Gasteiger partial charge on any atom is 0.339 e. The molecule has 142 valence electrons. The van der Waals surface area contributed by atoms with Crippen molar-refractivity contribution in [3.8, 4) is 11.8 Å². The molecule has 0 aliphatic heterocycles. The van der Waals surface area contributed by atoms with Crippen LogP contribution in [0.5, 0.6) is 0 Å². The fraction of sp³-hybridized carbons (Fsp3) is 0.286. The molecule has 27 heavy (non-hydrogen) atoms. The van der Waals surface area contributed by atoms with Crippen LogP contribution < -0.4 is 4.72 Å². The van der Waals surface area contributed by atoms with E-state index in [4.69, 9.17) is 4.74 Å². The first-order chi connectivity index (χ1) is 13.0. The Balaban J connectivity index is 1.60. The van der Waals surface area contributed by atoms with Crippen molar-refractivity contribution in [3.63, 3.8) is 0 Å². The molecule has 0 saturated carbocycles. The van der Waals surface area contributed by atoms with Crippen molar-refractivity contribution in [2.75, 3.05) is 13.2 Å². The number of carbonyl (C=O) groups excluding carboxylic acids is 1. The highest BCUT2D eigenvalue weighted by atomic mass is 32.2. The molecule has 5 nitrogen and oxygen atoms in total. The lowest BCUT2D eigenvalue weighted by atomic mass is 10.2. The lowest BCUT2D eigenvalue weighted by Crippen LogP contribution is -2.24. The topological polar surface area (TPSA) is 72.5 Å². The second kappa shape index (κ2) is 10.5. The van der Waals surface area contributed by atoms with Crippen molar-refractivity contribution in [1.29, 1.82) is 0 Å². The zero-order valence-corrected chi connectivity index (χ0v) is 16.1. The Bertz CT molecular complexity index is 895. The van der Waals surface area contributed by atoms with Gasteiger partial charge in [-0.25, -0.2) is 17.9 Å². The number of carbonyl (C=O) groups is 1. The molecule has 0 atom stereocenters. The number of benzene rings is 2. The van der Waals surface area contributed by atoms with E-state index in [-0.39, 0.29) is 11.5 Å². The summed E-state index contributed by atoms with van der Waals surface area (Å²) >= 11 is 0. The number of hydrogen-bond acceptors (Lipinski definition) is 4. The summed E-state index contributed by atoms with van der Waals surface area (Å²) in [7, 11) is -3.46. The van der Waals surface area contributed by atoms with Crippen molar-refractivity contribution in [1.82, 2.24) is 4.72 Å². The number of hydrogen-bond donors (Lipinski definition) is 1. The van der Waals surface area contributed by atoms with E-state index in [0.717, 1.165) is 12.0 Å². The van der Waals surface area contributed by atoms with Gasteiger partial charge in [-0.1, -0.05) is 47.7 Å². The number of unbranched alkanes of at least 4 members (excludes halogenated alkanes) is 2. The summed E-state index contributed by atoms with van der Waals surface area (Å²) in [5, 5.41) is 0. The molecule has 0 spiro atoms. The van der Waals surface area contributed by atoms with Gasteiger partial charge < -0.3 is 4.74 Å². The molecule has 2 rings (SSSR count). The van der Waals surface area contributed by atoms with Crippen molar-refractivity contribution < 1.29 is 17.9 Å². The maximum absolute atomic E-state index is 12.1. The van der Waals surface area contributed by atoms with Crippen molar-refractivity contribution in [2.24, 2.45) is 0 Å². The van der Waals surface area contributed by atoms with Gasteiger partial charge >= 0.3 is 5.97 Å². The van der Waals surface area contributed by atoms with Crippen LogP contribution >= 0.6 is 0 Å². The minimum Gasteiger partial charge on any atom is -0.449 e. The molecule has 0 amide bonds. The number of ether oxygens (including phenoxy) is 1. The molecule has 0 aromatic heterocycles. The average molecular weight is 385 g/mol. The van der Waals surface area contributed by atoms with Gasteiger partial charge in [0, 0.05) is 13.0 Å². The highest BCUT2D eigenvalue weighted by Crippen LogP contribution is 2.09. The van der Waals surface area contributed by atoms with Crippen LogP contribution in [-0.2, 0) is 14.8 Å². The Kier molecular flexibility index (Phi) is 8.05. The van der Waals surface area contributed by atoms with E-state index in [1.165, 1.54) is 0 Å². The summed E-state index contributed by atoms with van der Waals surface area (Å²) in [4.78, 5) is 12.0. The van der Waals surface area contributed by atoms with Gasteiger partial charge in [-0.2, -0.15) is 0 Å². The molecule has 0 saturated heterocycles. The lowest BCUT2D eigenvalue weighted by molar-refractivity contribution is 0.0556. The SMILES string of the molecule is Cc1ccc(S(=O)(=O)NCCCCC#CCOC(=O)c2ccccc2)cc1. The Morgan fingerprint density at radius 1 is 1.00 bits per heavy atom. The van der Waals surface area contributed by atoms with Gasteiger partial charge in [0.05, 0.1) is 10.5 Å². The molecular formula is C21H23NO4S. The van der Waals surface area contributed by atoms with Crippen LogP contribution in [0, 0.1) is 18.8 Å². The van der Waals surface area contributed by atoms with E-state index < -0.39 is 16.0 Å².